The Morgan fingerprint density at radius 2 is 1.58 bits per heavy atom. The Morgan fingerprint density at radius 3 is 2.16 bits per heavy atom. The minimum atomic E-state index is -0.839. The average molecular weight is 554 g/mol. The van der Waals surface area contributed by atoms with Crippen LogP contribution in [0.2, 0.25) is 10.0 Å². The molecule has 0 bridgehead atoms. The highest BCUT2D eigenvalue weighted by Gasteiger charge is 2.39. The summed E-state index contributed by atoms with van der Waals surface area (Å²) in [5, 5.41) is 14.2. The van der Waals surface area contributed by atoms with Gasteiger partial charge in [-0.1, -0.05) is 90.8 Å². The number of likely N-dealkylation sites (tertiary alicyclic amines) is 1. The third kappa shape index (κ3) is 6.23. The largest absolute Gasteiger partial charge is 0.481 e. The van der Waals surface area contributed by atoms with Crippen molar-refractivity contribution in [3.05, 3.63) is 105 Å². The number of nitrogens with zero attached hydrogens (tertiary/aromatic N) is 1. The summed E-state index contributed by atoms with van der Waals surface area (Å²) in [6.07, 6.45) is 2.21. The molecule has 1 amide bonds. The molecule has 2 atom stereocenters. The number of carbonyl (C=O) groups is 2. The van der Waals surface area contributed by atoms with Crippen LogP contribution in [0.15, 0.2) is 72.8 Å². The number of carboxylic acids is 1. The zero-order valence-electron chi connectivity index (χ0n) is 21.8. The number of carboxylic acid groups (broad SMARTS) is 1. The molecule has 2 N–H and O–H groups in total. The smallest absolute Gasteiger partial charge is 0.305 e. The first-order valence-electron chi connectivity index (χ1n) is 13.1. The summed E-state index contributed by atoms with van der Waals surface area (Å²) in [5.41, 5.74) is 3.77. The summed E-state index contributed by atoms with van der Waals surface area (Å²) in [4.78, 5) is 26.6. The van der Waals surface area contributed by atoms with Gasteiger partial charge in [0.2, 0.25) is 5.91 Å². The summed E-state index contributed by atoms with van der Waals surface area (Å²) >= 11 is 12.5. The van der Waals surface area contributed by atoms with E-state index in [9.17, 15) is 14.7 Å². The quantitative estimate of drug-likeness (QED) is 0.295. The Bertz CT molecular complexity index is 1270. The van der Waals surface area contributed by atoms with E-state index in [0.29, 0.717) is 36.0 Å². The van der Waals surface area contributed by atoms with Crippen molar-refractivity contribution in [3.63, 3.8) is 0 Å². The van der Waals surface area contributed by atoms with Crippen molar-refractivity contribution in [1.82, 2.24) is 10.2 Å². The van der Waals surface area contributed by atoms with Crippen molar-refractivity contribution in [2.75, 3.05) is 13.1 Å². The number of rotatable bonds is 9. The van der Waals surface area contributed by atoms with Crippen molar-refractivity contribution in [3.8, 4) is 0 Å². The summed E-state index contributed by atoms with van der Waals surface area (Å²) in [6.45, 7) is 4.99. The Hall–Kier alpha value is -2.86. The molecule has 38 heavy (non-hydrogen) atoms. The second-order valence-corrected chi connectivity index (χ2v) is 10.9. The molecule has 1 saturated heterocycles. The molecule has 3 aromatic rings. The van der Waals surface area contributed by atoms with Gasteiger partial charge in [0.1, 0.15) is 0 Å². The van der Waals surface area contributed by atoms with Crippen LogP contribution in [0.4, 0.5) is 0 Å². The van der Waals surface area contributed by atoms with E-state index in [1.807, 2.05) is 48.5 Å². The van der Waals surface area contributed by atoms with E-state index in [-0.39, 0.29) is 24.3 Å². The van der Waals surface area contributed by atoms with E-state index in [4.69, 9.17) is 23.2 Å². The van der Waals surface area contributed by atoms with Crippen molar-refractivity contribution < 1.29 is 14.7 Å². The average Bonchev–Trinajstić information content (AvgIpc) is 2.91. The first kappa shape index (κ1) is 28.2. The Labute approximate surface area is 234 Å². The van der Waals surface area contributed by atoms with E-state index in [0.717, 1.165) is 28.7 Å². The number of aliphatic carboxylic acids is 1. The molecule has 1 aliphatic rings. The Balaban J connectivity index is 1.68. The lowest BCUT2D eigenvalue weighted by Gasteiger charge is -2.45. The first-order valence-corrected chi connectivity index (χ1v) is 13.8. The highest BCUT2D eigenvalue weighted by molar-refractivity contribution is 6.42. The summed E-state index contributed by atoms with van der Waals surface area (Å²) in [6, 6.07) is 23.6. The van der Waals surface area contributed by atoms with Gasteiger partial charge in [-0.05, 0) is 53.6 Å². The standard InChI is InChI=1S/C31H34Cl2N2O3/c1-3-24(22-13-14-27(32)28(33)19-22)25-11-7-8-12-26(25)29(20-30(37)38)35-17-15-31(16-18-35,34-21(2)36)23-9-5-4-6-10-23/h4-14,19,24,29H,3,15-18,20H2,1-2H3,(H,34,36)(H,37,38). The van der Waals surface area contributed by atoms with Gasteiger partial charge in [-0.15, -0.1) is 0 Å². The normalized spacial score (nSPS) is 16.9. The van der Waals surface area contributed by atoms with Gasteiger partial charge in [0.15, 0.2) is 0 Å². The van der Waals surface area contributed by atoms with E-state index < -0.39 is 11.5 Å². The van der Waals surface area contributed by atoms with Gasteiger partial charge in [0.25, 0.3) is 0 Å². The van der Waals surface area contributed by atoms with Crippen LogP contribution >= 0.6 is 23.2 Å². The van der Waals surface area contributed by atoms with E-state index >= 15 is 0 Å². The number of nitrogens with one attached hydrogen (secondary N) is 1. The van der Waals surface area contributed by atoms with Crippen LogP contribution in [0, 0.1) is 0 Å². The van der Waals surface area contributed by atoms with Gasteiger partial charge < -0.3 is 10.4 Å². The molecule has 5 nitrogen and oxygen atoms in total. The van der Waals surface area contributed by atoms with Crippen LogP contribution < -0.4 is 5.32 Å². The Morgan fingerprint density at radius 1 is 0.947 bits per heavy atom. The number of amides is 1. The summed E-state index contributed by atoms with van der Waals surface area (Å²) in [5.74, 6) is -0.860. The third-order valence-electron chi connectivity index (χ3n) is 7.69. The number of piperidine rings is 1. The summed E-state index contributed by atoms with van der Waals surface area (Å²) < 4.78 is 0. The van der Waals surface area contributed by atoms with Crippen LogP contribution in [0.5, 0.6) is 0 Å². The molecule has 1 fully saturated rings. The molecule has 0 saturated carbocycles. The van der Waals surface area contributed by atoms with E-state index in [1.54, 1.807) is 6.92 Å². The lowest BCUT2D eigenvalue weighted by Crippen LogP contribution is -2.53. The maximum Gasteiger partial charge on any atom is 0.305 e. The topological polar surface area (TPSA) is 69.6 Å². The van der Waals surface area contributed by atoms with Crippen molar-refractivity contribution in [1.29, 1.82) is 0 Å². The van der Waals surface area contributed by atoms with Gasteiger partial charge in [-0.3, -0.25) is 14.5 Å². The number of halogens is 2. The van der Waals surface area contributed by atoms with Gasteiger partial charge in [0.05, 0.1) is 22.0 Å². The van der Waals surface area contributed by atoms with Gasteiger partial charge in [-0.25, -0.2) is 0 Å². The molecule has 3 aromatic carbocycles. The molecule has 1 aliphatic heterocycles. The van der Waals surface area contributed by atoms with Gasteiger partial charge in [0, 0.05) is 32.0 Å². The fraction of sp³-hybridized carbons (Fsp3) is 0.355. The molecular formula is C31H34Cl2N2O3. The highest BCUT2D eigenvalue weighted by atomic mass is 35.5. The van der Waals surface area contributed by atoms with Crippen LogP contribution in [-0.2, 0) is 15.1 Å². The predicted octanol–water partition coefficient (Wildman–Crippen LogP) is 7.18. The minimum absolute atomic E-state index is 0.00665. The number of hydrogen-bond donors (Lipinski definition) is 2. The molecule has 0 radical (unpaired) electrons. The number of hydrogen-bond acceptors (Lipinski definition) is 3. The fourth-order valence-electron chi connectivity index (χ4n) is 5.89. The monoisotopic (exact) mass is 552 g/mol. The molecule has 0 aliphatic carbocycles. The lowest BCUT2D eigenvalue weighted by atomic mass is 9.79. The Kier molecular flexibility index (Phi) is 9.14. The van der Waals surface area contributed by atoms with Crippen molar-refractivity contribution in [2.45, 2.75) is 57.0 Å². The third-order valence-corrected chi connectivity index (χ3v) is 8.43. The minimum Gasteiger partial charge on any atom is -0.481 e. The zero-order chi connectivity index (χ0) is 27.3. The molecule has 0 aromatic heterocycles. The molecule has 2 unspecified atom stereocenters. The molecule has 1 heterocycles. The maximum atomic E-state index is 12.2. The molecule has 7 heteroatoms. The van der Waals surface area contributed by atoms with Crippen molar-refractivity contribution >= 4 is 35.1 Å². The maximum absolute atomic E-state index is 12.2. The van der Waals surface area contributed by atoms with E-state index in [2.05, 4.69) is 41.4 Å². The first-order chi connectivity index (χ1) is 18.2. The number of benzene rings is 3. The van der Waals surface area contributed by atoms with Crippen LogP contribution in [0.25, 0.3) is 0 Å². The highest BCUT2D eigenvalue weighted by Crippen LogP contribution is 2.41. The molecule has 0 spiro atoms. The zero-order valence-corrected chi connectivity index (χ0v) is 23.3. The molecule has 4 rings (SSSR count). The van der Waals surface area contributed by atoms with Crippen LogP contribution in [0.1, 0.15) is 73.7 Å². The van der Waals surface area contributed by atoms with Crippen LogP contribution in [0.3, 0.4) is 0 Å². The number of carbonyl (C=O) groups excluding carboxylic acids is 1. The molecule has 200 valence electrons. The summed E-state index contributed by atoms with van der Waals surface area (Å²) in [7, 11) is 0. The van der Waals surface area contributed by atoms with Gasteiger partial charge in [-0.2, -0.15) is 0 Å². The second kappa shape index (κ2) is 12.3. The van der Waals surface area contributed by atoms with Crippen LogP contribution in [-0.4, -0.2) is 35.0 Å². The SMILES string of the molecule is CCC(c1ccc(Cl)c(Cl)c1)c1ccccc1C(CC(=O)O)N1CCC(NC(C)=O)(c2ccccc2)CC1. The molecular weight excluding hydrogens is 519 g/mol. The fourth-order valence-corrected chi connectivity index (χ4v) is 6.20. The second-order valence-electron chi connectivity index (χ2n) is 10.0. The lowest BCUT2D eigenvalue weighted by molar-refractivity contribution is -0.138. The predicted molar refractivity (Wildman–Crippen MR) is 153 cm³/mol. The van der Waals surface area contributed by atoms with E-state index in [1.165, 1.54) is 0 Å². The van der Waals surface area contributed by atoms with Crippen molar-refractivity contribution in [2.24, 2.45) is 0 Å². The van der Waals surface area contributed by atoms with Gasteiger partial charge >= 0.3 is 5.97 Å².